The van der Waals surface area contributed by atoms with Gasteiger partial charge in [0.25, 0.3) is 0 Å². The quantitative estimate of drug-likeness (QED) is 0.627. The van der Waals surface area contributed by atoms with Crippen molar-refractivity contribution in [2.75, 3.05) is 16.9 Å². The maximum atomic E-state index is 5.37. The summed E-state index contributed by atoms with van der Waals surface area (Å²) in [6.45, 7) is 2.14. The average molecular weight is 302 g/mol. The molecule has 104 valence electrons. The molecule has 2 N–H and O–H groups in total. The number of thiocarbonyl (C=S) groups is 1. The zero-order valence-corrected chi connectivity index (χ0v) is 13.3. The number of thioether (sulfide) groups is 1. The number of hydrogen-bond acceptors (Lipinski definition) is 2. The SMILES string of the molecule is CCc1cccc(NC(=S)Nc2ccccc2SC)c1. The number of benzene rings is 2. The van der Waals surface area contributed by atoms with Crippen LogP contribution in [0.5, 0.6) is 0 Å². The molecule has 4 heteroatoms. The highest BCUT2D eigenvalue weighted by molar-refractivity contribution is 7.98. The van der Waals surface area contributed by atoms with Gasteiger partial charge in [0, 0.05) is 10.6 Å². The van der Waals surface area contributed by atoms with E-state index in [4.69, 9.17) is 12.2 Å². The highest BCUT2D eigenvalue weighted by Gasteiger charge is 2.03. The fourth-order valence-electron chi connectivity index (χ4n) is 1.90. The molecule has 0 radical (unpaired) electrons. The topological polar surface area (TPSA) is 24.1 Å². The summed E-state index contributed by atoms with van der Waals surface area (Å²) < 4.78 is 0. The van der Waals surface area contributed by atoms with Crippen LogP contribution in [-0.2, 0) is 6.42 Å². The zero-order chi connectivity index (χ0) is 14.4. The predicted octanol–water partition coefficient (Wildman–Crippen LogP) is 4.78. The van der Waals surface area contributed by atoms with Crippen LogP contribution in [0.15, 0.2) is 53.4 Å². The summed E-state index contributed by atoms with van der Waals surface area (Å²) >= 11 is 7.07. The highest BCUT2D eigenvalue weighted by Crippen LogP contribution is 2.24. The highest BCUT2D eigenvalue weighted by atomic mass is 32.2. The van der Waals surface area contributed by atoms with Crippen molar-refractivity contribution < 1.29 is 0 Å². The Hall–Kier alpha value is -1.52. The Morgan fingerprint density at radius 2 is 1.90 bits per heavy atom. The third-order valence-electron chi connectivity index (χ3n) is 2.95. The Morgan fingerprint density at radius 3 is 2.65 bits per heavy atom. The molecule has 2 rings (SSSR count). The standard InChI is InChI=1S/C16H18N2S2/c1-3-12-7-6-8-13(11-12)17-16(19)18-14-9-4-5-10-15(14)20-2/h4-11H,3H2,1-2H3,(H2,17,18,19). The maximum absolute atomic E-state index is 5.37. The summed E-state index contributed by atoms with van der Waals surface area (Å²) in [6.07, 6.45) is 3.08. The predicted molar refractivity (Wildman–Crippen MR) is 93.9 cm³/mol. The van der Waals surface area contributed by atoms with E-state index >= 15 is 0 Å². The molecular formula is C16H18N2S2. The van der Waals surface area contributed by atoms with Crippen molar-refractivity contribution in [2.45, 2.75) is 18.2 Å². The minimum atomic E-state index is 0.611. The molecule has 0 heterocycles. The van der Waals surface area contributed by atoms with Crippen LogP contribution < -0.4 is 10.6 Å². The van der Waals surface area contributed by atoms with Crippen LogP contribution in [0.1, 0.15) is 12.5 Å². The van der Waals surface area contributed by atoms with Gasteiger partial charge in [-0.25, -0.2) is 0 Å². The number of nitrogens with one attached hydrogen (secondary N) is 2. The molecule has 0 aliphatic carbocycles. The van der Waals surface area contributed by atoms with Gasteiger partial charge >= 0.3 is 0 Å². The molecule has 0 amide bonds. The maximum Gasteiger partial charge on any atom is 0.175 e. The van der Waals surface area contributed by atoms with Gasteiger partial charge in [-0.2, -0.15) is 0 Å². The van der Waals surface area contributed by atoms with Crippen molar-refractivity contribution in [3.8, 4) is 0 Å². The summed E-state index contributed by atoms with van der Waals surface area (Å²) in [4.78, 5) is 1.18. The Morgan fingerprint density at radius 1 is 1.10 bits per heavy atom. The molecule has 0 unspecified atom stereocenters. The minimum absolute atomic E-state index is 0.611. The van der Waals surface area contributed by atoms with Crippen molar-refractivity contribution in [1.29, 1.82) is 0 Å². The van der Waals surface area contributed by atoms with Gasteiger partial charge in [-0.05, 0) is 54.7 Å². The summed E-state index contributed by atoms with van der Waals surface area (Å²) in [5, 5.41) is 7.09. The summed E-state index contributed by atoms with van der Waals surface area (Å²) in [5.41, 5.74) is 3.34. The molecule has 0 bridgehead atoms. The molecular weight excluding hydrogens is 284 g/mol. The largest absolute Gasteiger partial charge is 0.332 e. The number of rotatable bonds is 4. The molecule has 0 spiro atoms. The van der Waals surface area contributed by atoms with Crippen molar-refractivity contribution in [2.24, 2.45) is 0 Å². The van der Waals surface area contributed by atoms with E-state index < -0.39 is 0 Å². The van der Waals surface area contributed by atoms with E-state index in [-0.39, 0.29) is 0 Å². The molecule has 20 heavy (non-hydrogen) atoms. The first kappa shape index (κ1) is 14.9. The average Bonchev–Trinajstić information content (AvgIpc) is 2.48. The molecule has 0 saturated carbocycles. The van der Waals surface area contributed by atoms with Crippen molar-refractivity contribution in [3.05, 3.63) is 54.1 Å². The van der Waals surface area contributed by atoms with E-state index in [1.165, 1.54) is 10.5 Å². The van der Waals surface area contributed by atoms with Crippen LogP contribution in [-0.4, -0.2) is 11.4 Å². The van der Waals surface area contributed by atoms with E-state index in [9.17, 15) is 0 Å². The number of para-hydroxylation sites is 1. The molecule has 0 aliphatic rings. The van der Waals surface area contributed by atoms with E-state index in [2.05, 4.69) is 42.0 Å². The first-order chi connectivity index (χ1) is 9.72. The van der Waals surface area contributed by atoms with Crippen LogP contribution in [0.4, 0.5) is 11.4 Å². The van der Waals surface area contributed by atoms with Crippen LogP contribution in [0.3, 0.4) is 0 Å². The van der Waals surface area contributed by atoms with Gasteiger partial charge in [-0.3, -0.25) is 0 Å². The number of anilines is 2. The second kappa shape index (κ2) is 7.31. The van der Waals surface area contributed by atoms with Gasteiger partial charge in [0.2, 0.25) is 0 Å². The normalized spacial score (nSPS) is 10.1. The van der Waals surface area contributed by atoms with Gasteiger partial charge < -0.3 is 10.6 Å². The lowest BCUT2D eigenvalue weighted by atomic mass is 10.1. The molecule has 0 saturated heterocycles. The van der Waals surface area contributed by atoms with Crippen LogP contribution in [0.25, 0.3) is 0 Å². The van der Waals surface area contributed by atoms with Crippen LogP contribution >= 0.6 is 24.0 Å². The molecule has 0 fully saturated rings. The number of aryl methyl sites for hydroxylation is 1. The molecule has 2 aromatic rings. The molecule has 2 nitrogen and oxygen atoms in total. The fourth-order valence-corrected chi connectivity index (χ4v) is 2.68. The minimum Gasteiger partial charge on any atom is -0.332 e. The summed E-state index contributed by atoms with van der Waals surface area (Å²) in [7, 11) is 0. The van der Waals surface area contributed by atoms with Gasteiger partial charge in [-0.15, -0.1) is 11.8 Å². The van der Waals surface area contributed by atoms with E-state index in [0.717, 1.165) is 17.8 Å². The van der Waals surface area contributed by atoms with Gasteiger partial charge in [0.15, 0.2) is 5.11 Å². The smallest absolute Gasteiger partial charge is 0.175 e. The third-order valence-corrected chi connectivity index (χ3v) is 3.95. The first-order valence-electron chi connectivity index (χ1n) is 6.53. The van der Waals surface area contributed by atoms with Crippen LogP contribution in [0, 0.1) is 0 Å². The van der Waals surface area contributed by atoms with Gasteiger partial charge in [0.05, 0.1) is 5.69 Å². The lowest BCUT2D eigenvalue weighted by molar-refractivity contribution is 1.14. The Balaban J connectivity index is 2.05. The second-order valence-corrected chi connectivity index (χ2v) is 5.59. The van der Waals surface area contributed by atoms with E-state index in [0.29, 0.717) is 5.11 Å². The molecule has 0 aliphatic heterocycles. The zero-order valence-electron chi connectivity index (χ0n) is 11.6. The lowest BCUT2D eigenvalue weighted by Gasteiger charge is -2.13. The Kier molecular flexibility index (Phi) is 5.44. The second-order valence-electron chi connectivity index (χ2n) is 4.33. The Labute approximate surface area is 130 Å². The Bertz CT molecular complexity index is 597. The van der Waals surface area contributed by atoms with Crippen LogP contribution in [0.2, 0.25) is 0 Å². The van der Waals surface area contributed by atoms with Crippen molar-refractivity contribution in [1.82, 2.24) is 0 Å². The summed E-state index contributed by atoms with van der Waals surface area (Å²) in [5.74, 6) is 0. The van der Waals surface area contributed by atoms with Crippen molar-refractivity contribution >= 4 is 40.5 Å². The number of hydrogen-bond donors (Lipinski definition) is 2. The molecule has 0 atom stereocenters. The third kappa shape index (κ3) is 3.99. The van der Waals surface area contributed by atoms with Crippen molar-refractivity contribution in [3.63, 3.8) is 0 Å². The van der Waals surface area contributed by atoms with E-state index in [1.807, 2.05) is 30.3 Å². The first-order valence-corrected chi connectivity index (χ1v) is 8.16. The molecule has 0 aromatic heterocycles. The molecule has 2 aromatic carbocycles. The summed E-state index contributed by atoms with van der Waals surface area (Å²) in [6, 6.07) is 16.4. The van der Waals surface area contributed by atoms with Gasteiger partial charge in [0.1, 0.15) is 0 Å². The fraction of sp³-hybridized carbons (Fsp3) is 0.188. The monoisotopic (exact) mass is 302 g/mol. The lowest BCUT2D eigenvalue weighted by Crippen LogP contribution is -2.19. The van der Waals surface area contributed by atoms with Gasteiger partial charge in [-0.1, -0.05) is 31.2 Å². The van der Waals surface area contributed by atoms with E-state index in [1.54, 1.807) is 11.8 Å².